The summed E-state index contributed by atoms with van der Waals surface area (Å²) in [5, 5.41) is 0.578. The van der Waals surface area contributed by atoms with Crippen LogP contribution in [0, 0.1) is 0 Å². The number of carbonyl (C=O) groups excluding carboxylic acids is 1. The number of aryl methyl sites for hydroxylation is 1. The second-order valence-electron chi connectivity index (χ2n) is 9.76. The Bertz CT molecular complexity index is 1630. The Labute approximate surface area is 220 Å². The molecule has 1 saturated heterocycles. The summed E-state index contributed by atoms with van der Waals surface area (Å²) in [6.07, 6.45) is 1.82. The van der Waals surface area contributed by atoms with Crippen LogP contribution in [-0.2, 0) is 24.4 Å². The standard InChI is InChI=1S/C30H30N6O2/c37-29(14-15-35-22-31-25-11-5-4-10-24(25)30(35)38)34-18-16-33(17-19-34)21-28-32-26-12-6-7-13-27(26)36(28)20-23-8-2-1-3-9-23/h1-13,22H,14-21H2. The average molecular weight is 507 g/mol. The van der Waals surface area contributed by atoms with Gasteiger partial charge in [-0.15, -0.1) is 0 Å². The number of fused-ring (bicyclic) bond motifs is 2. The molecule has 2 aromatic heterocycles. The Balaban J connectivity index is 1.08. The third-order valence-electron chi connectivity index (χ3n) is 7.31. The number of benzene rings is 3. The molecule has 192 valence electrons. The fraction of sp³-hybridized carbons (Fsp3) is 0.267. The first-order chi connectivity index (χ1) is 18.7. The Kier molecular flexibility index (Phi) is 6.71. The van der Waals surface area contributed by atoms with Crippen LogP contribution in [0.2, 0.25) is 0 Å². The number of amides is 1. The van der Waals surface area contributed by atoms with Gasteiger partial charge in [0.1, 0.15) is 5.82 Å². The second kappa shape index (κ2) is 10.6. The number of hydrogen-bond donors (Lipinski definition) is 0. The predicted octanol–water partition coefficient (Wildman–Crippen LogP) is 3.53. The topological polar surface area (TPSA) is 76.3 Å². The molecule has 5 aromatic rings. The molecule has 1 amide bonds. The van der Waals surface area contributed by atoms with Gasteiger partial charge >= 0.3 is 0 Å². The molecule has 3 aromatic carbocycles. The molecule has 0 spiro atoms. The maximum Gasteiger partial charge on any atom is 0.261 e. The van der Waals surface area contributed by atoms with Crippen LogP contribution in [0.15, 0.2) is 90.0 Å². The maximum atomic E-state index is 12.9. The molecule has 0 unspecified atom stereocenters. The van der Waals surface area contributed by atoms with Gasteiger partial charge in [-0.25, -0.2) is 9.97 Å². The van der Waals surface area contributed by atoms with Crippen molar-refractivity contribution in [2.45, 2.75) is 26.1 Å². The van der Waals surface area contributed by atoms with E-state index < -0.39 is 0 Å². The monoisotopic (exact) mass is 506 g/mol. The van der Waals surface area contributed by atoms with Crippen molar-refractivity contribution in [2.75, 3.05) is 26.2 Å². The highest BCUT2D eigenvalue weighted by molar-refractivity contribution is 5.78. The highest BCUT2D eigenvalue weighted by atomic mass is 16.2. The van der Waals surface area contributed by atoms with Crippen LogP contribution < -0.4 is 5.56 Å². The summed E-state index contributed by atoms with van der Waals surface area (Å²) in [5.41, 5.74) is 3.96. The predicted molar refractivity (Wildman–Crippen MR) is 148 cm³/mol. The summed E-state index contributed by atoms with van der Waals surface area (Å²) in [4.78, 5) is 39.2. The molecule has 6 rings (SSSR count). The number of hydrogen-bond acceptors (Lipinski definition) is 5. The first-order valence-electron chi connectivity index (χ1n) is 13.1. The number of rotatable bonds is 7. The van der Waals surface area contributed by atoms with Gasteiger partial charge in [0, 0.05) is 45.7 Å². The number of carbonyl (C=O) groups is 1. The van der Waals surface area contributed by atoms with E-state index >= 15 is 0 Å². The molecule has 3 heterocycles. The van der Waals surface area contributed by atoms with Gasteiger partial charge in [-0.1, -0.05) is 54.6 Å². The van der Waals surface area contributed by atoms with Gasteiger partial charge in [0.2, 0.25) is 5.91 Å². The van der Waals surface area contributed by atoms with E-state index in [0.717, 1.165) is 43.0 Å². The lowest BCUT2D eigenvalue weighted by Gasteiger charge is -2.34. The molecule has 1 aliphatic rings. The van der Waals surface area contributed by atoms with Crippen molar-refractivity contribution in [2.24, 2.45) is 0 Å². The molecule has 1 aliphatic heterocycles. The van der Waals surface area contributed by atoms with Crippen molar-refractivity contribution in [1.29, 1.82) is 0 Å². The third kappa shape index (κ3) is 4.95. The SMILES string of the molecule is O=C(CCn1cnc2ccccc2c1=O)N1CCN(Cc2nc3ccccc3n2Cc2ccccc2)CC1. The fourth-order valence-corrected chi connectivity index (χ4v) is 5.18. The van der Waals surface area contributed by atoms with Crippen molar-refractivity contribution in [1.82, 2.24) is 28.9 Å². The number of imidazole rings is 1. The normalized spacial score (nSPS) is 14.4. The van der Waals surface area contributed by atoms with Gasteiger partial charge in [0.25, 0.3) is 5.56 Å². The zero-order valence-electron chi connectivity index (χ0n) is 21.2. The van der Waals surface area contributed by atoms with Crippen LogP contribution >= 0.6 is 0 Å². The third-order valence-corrected chi connectivity index (χ3v) is 7.31. The number of nitrogens with zero attached hydrogens (tertiary/aromatic N) is 6. The maximum absolute atomic E-state index is 12.9. The van der Waals surface area contributed by atoms with E-state index in [4.69, 9.17) is 4.98 Å². The molecule has 0 N–H and O–H groups in total. The van der Waals surface area contributed by atoms with Crippen LogP contribution in [0.3, 0.4) is 0 Å². The summed E-state index contributed by atoms with van der Waals surface area (Å²) in [6.45, 7) is 4.76. The molecular formula is C30H30N6O2. The molecular weight excluding hydrogens is 476 g/mol. The highest BCUT2D eigenvalue weighted by Gasteiger charge is 2.23. The largest absolute Gasteiger partial charge is 0.340 e. The summed E-state index contributed by atoms with van der Waals surface area (Å²) in [5.74, 6) is 1.11. The van der Waals surface area contributed by atoms with Gasteiger partial charge in [0.05, 0.1) is 34.8 Å². The molecule has 38 heavy (non-hydrogen) atoms. The van der Waals surface area contributed by atoms with Crippen LogP contribution in [0.5, 0.6) is 0 Å². The smallest absolute Gasteiger partial charge is 0.261 e. The highest BCUT2D eigenvalue weighted by Crippen LogP contribution is 2.20. The van der Waals surface area contributed by atoms with Gasteiger partial charge < -0.3 is 9.47 Å². The first-order valence-corrected chi connectivity index (χ1v) is 13.1. The zero-order valence-corrected chi connectivity index (χ0v) is 21.2. The molecule has 0 aliphatic carbocycles. The molecule has 0 bridgehead atoms. The van der Waals surface area contributed by atoms with E-state index in [1.807, 2.05) is 35.2 Å². The lowest BCUT2D eigenvalue weighted by atomic mass is 10.2. The minimum Gasteiger partial charge on any atom is -0.340 e. The van der Waals surface area contributed by atoms with Crippen molar-refractivity contribution in [3.8, 4) is 0 Å². The Hall–Kier alpha value is -4.30. The van der Waals surface area contributed by atoms with E-state index in [-0.39, 0.29) is 17.9 Å². The van der Waals surface area contributed by atoms with E-state index in [9.17, 15) is 9.59 Å². The summed E-state index contributed by atoms with van der Waals surface area (Å²) >= 11 is 0. The molecule has 1 fully saturated rings. The second-order valence-corrected chi connectivity index (χ2v) is 9.76. The molecule has 0 saturated carbocycles. The lowest BCUT2D eigenvalue weighted by Crippen LogP contribution is -2.48. The van der Waals surface area contributed by atoms with E-state index in [2.05, 4.69) is 56.9 Å². The molecule has 8 nitrogen and oxygen atoms in total. The quantitative estimate of drug-likeness (QED) is 0.338. The number of aromatic nitrogens is 4. The molecule has 0 radical (unpaired) electrons. The van der Waals surface area contributed by atoms with Crippen molar-refractivity contribution in [3.05, 3.63) is 107 Å². The number of piperazine rings is 1. The van der Waals surface area contributed by atoms with Crippen molar-refractivity contribution >= 4 is 27.8 Å². The van der Waals surface area contributed by atoms with Crippen molar-refractivity contribution < 1.29 is 4.79 Å². The minimum absolute atomic E-state index is 0.0704. The summed E-state index contributed by atoms with van der Waals surface area (Å²) in [7, 11) is 0. The first kappa shape index (κ1) is 24.1. The lowest BCUT2D eigenvalue weighted by molar-refractivity contribution is -0.133. The Morgan fingerprint density at radius 2 is 1.50 bits per heavy atom. The van der Waals surface area contributed by atoms with E-state index in [0.29, 0.717) is 30.5 Å². The van der Waals surface area contributed by atoms with Gasteiger partial charge in [-0.2, -0.15) is 0 Å². The Morgan fingerprint density at radius 1 is 0.789 bits per heavy atom. The molecule has 0 atom stereocenters. The van der Waals surface area contributed by atoms with Gasteiger partial charge in [-0.3, -0.25) is 19.1 Å². The number of para-hydroxylation sites is 3. The minimum atomic E-state index is -0.105. The van der Waals surface area contributed by atoms with Crippen LogP contribution in [0.25, 0.3) is 21.9 Å². The van der Waals surface area contributed by atoms with Crippen LogP contribution in [0.1, 0.15) is 17.8 Å². The zero-order chi connectivity index (χ0) is 25.9. The van der Waals surface area contributed by atoms with Gasteiger partial charge in [0.15, 0.2) is 0 Å². The average Bonchev–Trinajstić information content (AvgIpc) is 3.30. The van der Waals surface area contributed by atoms with Crippen LogP contribution in [0.4, 0.5) is 0 Å². The van der Waals surface area contributed by atoms with Crippen LogP contribution in [-0.4, -0.2) is 61.0 Å². The van der Waals surface area contributed by atoms with Crippen molar-refractivity contribution in [3.63, 3.8) is 0 Å². The van der Waals surface area contributed by atoms with E-state index in [1.54, 1.807) is 6.07 Å². The fourth-order valence-electron chi connectivity index (χ4n) is 5.18. The summed E-state index contributed by atoms with van der Waals surface area (Å²) in [6, 6.07) is 26.0. The summed E-state index contributed by atoms with van der Waals surface area (Å²) < 4.78 is 3.84. The van der Waals surface area contributed by atoms with E-state index in [1.165, 1.54) is 16.5 Å². The molecule has 8 heteroatoms. The van der Waals surface area contributed by atoms with Gasteiger partial charge in [-0.05, 0) is 29.8 Å². The Morgan fingerprint density at radius 3 is 2.32 bits per heavy atom.